The van der Waals surface area contributed by atoms with Gasteiger partial charge in [0.25, 0.3) is 11.6 Å². The van der Waals surface area contributed by atoms with E-state index in [9.17, 15) is 23.7 Å². The van der Waals surface area contributed by atoms with Gasteiger partial charge in [-0.3, -0.25) is 14.9 Å². The minimum absolute atomic E-state index is 0.0324. The fraction of sp³-hybridized carbons (Fsp3) is 0.133. The van der Waals surface area contributed by atoms with E-state index < -0.39 is 29.1 Å². The van der Waals surface area contributed by atoms with Gasteiger partial charge in [-0.1, -0.05) is 0 Å². The number of hydrogen-bond donors (Lipinski definition) is 1. The quantitative estimate of drug-likeness (QED) is 0.646. The van der Waals surface area contributed by atoms with Crippen LogP contribution in [-0.4, -0.2) is 24.5 Å². The van der Waals surface area contributed by atoms with Crippen molar-refractivity contribution < 1.29 is 28.0 Å². The average Bonchev–Trinajstić information content (AvgIpc) is 2.55. The molecule has 126 valence electrons. The number of nitrogens with one attached hydrogen (secondary N) is 1. The predicted molar refractivity (Wildman–Crippen MR) is 80.1 cm³/mol. The summed E-state index contributed by atoms with van der Waals surface area (Å²) in [6, 6.07) is 6.53. The Kier molecular flexibility index (Phi) is 5.25. The molecular formula is C15H12F2N2O5. The third-order valence-corrected chi connectivity index (χ3v) is 2.93. The molecule has 2 aromatic rings. The second kappa shape index (κ2) is 7.36. The zero-order valence-corrected chi connectivity index (χ0v) is 12.4. The van der Waals surface area contributed by atoms with Crippen molar-refractivity contribution in [2.45, 2.75) is 0 Å². The molecule has 0 fully saturated rings. The Morgan fingerprint density at radius 3 is 2.58 bits per heavy atom. The molecule has 2 rings (SSSR count). The van der Waals surface area contributed by atoms with E-state index >= 15 is 0 Å². The zero-order chi connectivity index (χ0) is 17.7. The Morgan fingerprint density at radius 1 is 1.21 bits per heavy atom. The van der Waals surface area contributed by atoms with Crippen LogP contribution < -0.4 is 14.8 Å². The monoisotopic (exact) mass is 338 g/mol. The number of rotatable bonds is 6. The lowest BCUT2D eigenvalue weighted by molar-refractivity contribution is -0.384. The van der Waals surface area contributed by atoms with Crippen molar-refractivity contribution in [3.05, 3.63) is 58.1 Å². The van der Waals surface area contributed by atoms with E-state index in [4.69, 9.17) is 9.47 Å². The second-order valence-corrected chi connectivity index (χ2v) is 4.55. The van der Waals surface area contributed by atoms with Crippen molar-refractivity contribution in [3.8, 4) is 11.5 Å². The average molecular weight is 338 g/mol. The molecule has 0 radical (unpaired) electrons. The Labute approximate surface area is 135 Å². The number of hydrogen-bond acceptors (Lipinski definition) is 5. The lowest BCUT2D eigenvalue weighted by atomic mass is 10.2. The number of nitro benzene ring substituents is 1. The third kappa shape index (κ3) is 4.15. The van der Waals surface area contributed by atoms with Crippen molar-refractivity contribution in [2.75, 3.05) is 19.0 Å². The van der Waals surface area contributed by atoms with Gasteiger partial charge < -0.3 is 14.8 Å². The first kappa shape index (κ1) is 17.1. The number of nitrogens with zero attached hydrogens (tertiary/aromatic N) is 1. The smallest absolute Gasteiger partial charge is 0.271 e. The zero-order valence-electron chi connectivity index (χ0n) is 12.4. The van der Waals surface area contributed by atoms with E-state index in [1.165, 1.54) is 25.3 Å². The lowest BCUT2D eigenvalue weighted by Gasteiger charge is -2.11. The highest BCUT2D eigenvalue weighted by Crippen LogP contribution is 2.28. The Hall–Kier alpha value is -3.23. The van der Waals surface area contributed by atoms with Crippen molar-refractivity contribution in [1.29, 1.82) is 0 Å². The van der Waals surface area contributed by atoms with E-state index in [2.05, 4.69) is 5.32 Å². The lowest BCUT2D eigenvalue weighted by Crippen LogP contribution is -2.20. The molecule has 0 unspecified atom stereocenters. The van der Waals surface area contributed by atoms with Gasteiger partial charge in [0.05, 0.1) is 17.7 Å². The van der Waals surface area contributed by atoms with Gasteiger partial charge in [0.1, 0.15) is 11.5 Å². The molecule has 0 saturated heterocycles. The number of carbonyl (C=O) groups is 1. The van der Waals surface area contributed by atoms with E-state index in [-0.39, 0.29) is 22.9 Å². The minimum Gasteiger partial charge on any atom is -0.495 e. The maximum absolute atomic E-state index is 13.0. The van der Waals surface area contributed by atoms with Gasteiger partial charge in [-0.2, -0.15) is 0 Å². The highest BCUT2D eigenvalue weighted by molar-refractivity contribution is 5.93. The standard InChI is InChI=1S/C15H12F2N2O5/c1-23-14-5-2-9(19(21)22)6-13(14)18-15(20)8-24-10-3-4-11(16)12(17)7-10/h2-7H,8H2,1H3,(H,18,20). The summed E-state index contributed by atoms with van der Waals surface area (Å²) in [5.41, 5.74) is -0.141. The number of carbonyl (C=O) groups excluding carboxylic acids is 1. The Balaban J connectivity index is 2.04. The molecule has 7 nitrogen and oxygen atoms in total. The Bertz CT molecular complexity index is 782. The summed E-state index contributed by atoms with van der Waals surface area (Å²) >= 11 is 0. The van der Waals surface area contributed by atoms with Crippen molar-refractivity contribution >= 4 is 17.3 Å². The van der Waals surface area contributed by atoms with Crippen LogP contribution in [0.2, 0.25) is 0 Å². The summed E-state index contributed by atoms with van der Waals surface area (Å²) in [5, 5.41) is 13.2. The summed E-state index contributed by atoms with van der Waals surface area (Å²) in [6.45, 7) is -0.503. The van der Waals surface area contributed by atoms with Gasteiger partial charge in [-0.05, 0) is 18.2 Å². The molecule has 9 heteroatoms. The molecule has 0 bridgehead atoms. The van der Waals surface area contributed by atoms with Crippen LogP contribution in [0.25, 0.3) is 0 Å². The minimum atomic E-state index is -1.10. The van der Waals surface area contributed by atoms with Gasteiger partial charge in [0, 0.05) is 18.2 Å². The predicted octanol–water partition coefficient (Wildman–Crippen LogP) is 2.90. The highest BCUT2D eigenvalue weighted by atomic mass is 19.2. The van der Waals surface area contributed by atoms with Crippen LogP contribution in [0, 0.1) is 21.7 Å². The van der Waals surface area contributed by atoms with Crippen LogP contribution in [0.15, 0.2) is 36.4 Å². The Morgan fingerprint density at radius 2 is 1.96 bits per heavy atom. The van der Waals surface area contributed by atoms with Crippen LogP contribution >= 0.6 is 0 Å². The van der Waals surface area contributed by atoms with Gasteiger partial charge in [0.15, 0.2) is 18.2 Å². The summed E-state index contributed by atoms with van der Waals surface area (Å²) in [4.78, 5) is 22.0. The van der Waals surface area contributed by atoms with Crippen LogP contribution in [0.3, 0.4) is 0 Å². The molecule has 0 aliphatic rings. The van der Waals surface area contributed by atoms with E-state index in [0.29, 0.717) is 0 Å². The van der Waals surface area contributed by atoms with E-state index in [1.54, 1.807) is 0 Å². The first-order valence-electron chi connectivity index (χ1n) is 6.61. The first-order valence-corrected chi connectivity index (χ1v) is 6.61. The number of methoxy groups -OCH3 is 1. The molecule has 1 N–H and O–H groups in total. The number of nitro groups is 1. The molecule has 0 heterocycles. The van der Waals surface area contributed by atoms with Crippen molar-refractivity contribution in [2.24, 2.45) is 0 Å². The van der Waals surface area contributed by atoms with Gasteiger partial charge in [0.2, 0.25) is 0 Å². The van der Waals surface area contributed by atoms with Crippen LogP contribution in [0.1, 0.15) is 0 Å². The first-order chi connectivity index (χ1) is 11.4. The second-order valence-electron chi connectivity index (χ2n) is 4.55. The summed E-state index contributed by atoms with van der Waals surface area (Å²) in [6.07, 6.45) is 0. The SMILES string of the molecule is COc1ccc([N+](=O)[O-])cc1NC(=O)COc1ccc(F)c(F)c1. The highest BCUT2D eigenvalue weighted by Gasteiger charge is 2.14. The van der Waals surface area contributed by atoms with Gasteiger partial charge >= 0.3 is 0 Å². The van der Waals surface area contributed by atoms with Gasteiger partial charge in [-0.15, -0.1) is 0 Å². The molecule has 0 aliphatic heterocycles. The van der Waals surface area contributed by atoms with E-state index in [1.807, 2.05) is 0 Å². The fourth-order valence-electron chi connectivity index (χ4n) is 1.81. The molecule has 1 amide bonds. The summed E-state index contributed by atoms with van der Waals surface area (Å²) < 4.78 is 35.9. The normalized spacial score (nSPS) is 10.1. The van der Waals surface area contributed by atoms with Crippen molar-refractivity contribution in [1.82, 2.24) is 0 Å². The largest absolute Gasteiger partial charge is 0.495 e. The molecule has 0 atom stereocenters. The molecular weight excluding hydrogens is 326 g/mol. The maximum Gasteiger partial charge on any atom is 0.271 e. The number of non-ortho nitro benzene ring substituents is 1. The van der Waals surface area contributed by atoms with Crippen molar-refractivity contribution in [3.63, 3.8) is 0 Å². The molecule has 0 aromatic heterocycles. The number of benzene rings is 2. The van der Waals surface area contributed by atoms with Gasteiger partial charge in [-0.25, -0.2) is 8.78 Å². The molecule has 0 saturated carbocycles. The molecule has 0 spiro atoms. The molecule has 2 aromatic carbocycles. The number of ether oxygens (including phenoxy) is 2. The third-order valence-electron chi connectivity index (χ3n) is 2.93. The topological polar surface area (TPSA) is 90.7 Å². The summed E-state index contributed by atoms with van der Waals surface area (Å²) in [7, 11) is 1.34. The number of anilines is 1. The van der Waals surface area contributed by atoms with Crippen LogP contribution in [-0.2, 0) is 4.79 Å². The molecule has 0 aliphatic carbocycles. The maximum atomic E-state index is 13.0. The summed E-state index contributed by atoms with van der Waals surface area (Å²) in [5.74, 6) is -2.60. The van der Waals surface area contributed by atoms with Crippen LogP contribution in [0.5, 0.6) is 11.5 Å². The number of halogens is 2. The van der Waals surface area contributed by atoms with E-state index in [0.717, 1.165) is 18.2 Å². The molecule has 24 heavy (non-hydrogen) atoms. The fourth-order valence-corrected chi connectivity index (χ4v) is 1.81. The van der Waals surface area contributed by atoms with Crippen LogP contribution in [0.4, 0.5) is 20.2 Å². The number of amides is 1.